The highest BCUT2D eigenvalue weighted by Gasteiger charge is 2.27. The third kappa shape index (κ3) is 2.89. The quantitative estimate of drug-likeness (QED) is 0.475. The summed E-state index contributed by atoms with van der Waals surface area (Å²) in [5.74, 6) is 4.72. The second kappa shape index (κ2) is 4.35. The monoisotopic (exact) mass is 158 g/mol. The highest BCUT2D eigenvalue weighted by atomic mass is 16.3. The van der Waals surface area contributed by atoms with E-state index in [1.807, 2.05) is 0 Å². The highest BCUT2D eigenvalue weighted by molar-refractivity contribution is 5.15. The molecule has 0 aromatic rings. The smallest absolute Gasteiger partial charge is 0.150 e. The Hall–Kier alpha value is -0.560. The minimum absolute atomic E-state index is 0.297. The molecule has 0 amide bonds. The van der Waals surface area contributed by atoms with E-state index in [2.05, 4.69) is 11.8 Å². The Morgan fingerprint density at radius 2 is 2.09 bits per heavy atom. The Balaban J connectivity index is 4.34. The largest absolute Gasteiger partial charge is 0.389 e. The van der Waals surface area contributed by atoms with Crippen molar-refractivity contribution in [3.63, 3.8) is 0 Å². The van der Waals surface area contributed by atoms with Crippen LogP contribution in [0, 0.1) is 11.8 Å². The molecule has 0 rings (SSSR count). The van der Waals surface area contributed by atoms with Gasteiger partial charge in [-0.05, 0) is 13.3 Å². The molecule has 0 bridgehead atoms. The minimum Gasteiger partial charge on any atom is -0.389 e. The number of aliphatic hydroxyl groups is 3. The zero-order chi connectivity index (χ0) is 8.91. The zero-order valence-corrected chi connectivity index (χ0v) is 6.83. The molecular formula is C8H14O3. The van der Waals surface area contributed by atoms with E-state index in [1.165, 1.54) is 6.92 Å². The summed E-state index contributed by atoms with van der Waals surface area (Å²) in [6.07, 6.45) is -0.552. The van der Waals surface area contributed by atoms with E-state index in [1.54, 1.807) is 6.92 Å². The number of rotatable bonds is 2. The van der Waals surface area contributed by atoms with Gasteiger partial charge in [-0.1, -0.05) is 18.8 Å². The van der Waals surface area contributed by atoms with Gasteiger partial charge in [0.1, 0.15) is 6.61 Å². The summed E-state index contributed by atoms with van der Waals surface area (Å²) >= 11 is 0. The van der Waals surface area contributed by atoms with Gasteiger partial charge in [0, 0.05) is 0 Å². The standard InChI is InChI=1S/C8H14O3/c1-3-8(11,7(2)10)5-4-6-9/h7,9-11H,3,6H2,1-2H3. The van der Waals surface area contributed by atoms with E-state index in [-0.39, 0.29) is 6.61 Å². The van der Waals surface area contributed by atoms with Gasteiger partial charge >= 0.3 is 0 Å². The second-order valence-corrected chi connectivity index (χ2v) is 2.41. The maximum absolute atomic E-state index is 9.49. The van der Waals surface area contributed by atoms with Crippen molar-refractivity contribution in [2.24, 2.45) is 0 Å². The Kier molecular flexibility index (Phi) is 4.12. The van der Waals surface area contributed by atoms with Crippen LogP contribution in [0.1, 0.15) is 20.3 Å². The molecule has 0 radical (unpaired) electrons. The molecule has 0 saturated heterocycles. The van der Waals surface area contributed by atoms with Crippen LogP contribution in [-0.2, 0) is 0 Å². The van der Waals surface area contributed by atoms with Gasteiger partial charge in [-0.25, -0.2) is 0 Å². The van der Waals surface area contributed by atoms with Crippen molar-refractivity contribution in [1.29, 1.82) is 0 Å². The lowest BCUT2D eigenvalue weighted by molar-refractivity contribution is -0.0241. The lowest BCUT2D eigenvalue weighted by atomic mass is 9.96. The molecule has 3 N–H and O–H groups in total. The Morgan fingerprint density at radius 1 is 1.55 bits per heavy atom. The number of aliphatic hydroxyl groups excluding tert-OH is 2. The average Bonchev–Trinajstić information content (AvgIpc) is 2.00. The van der Waals surface area contributed by atoms with E-state index in [9.17, 15) is 5.11 Å². The van der Waals surface area contributed by atoms with E-state index in [0.717, 1.165) is 0 Å². The molecule has 0 fully saturated rings. The molecule has 0 aliphatic rings. The molecule has 3 heteroatoms. The molecule has 2 atom stereocenters. The molecule has 0 saturated carbocycles. The van der Waals surface area contributed by atoms with Gasteiger partial charge in [-0.3, -0.25) is 0 Å². The molecule has 64 valence electrons. The lowest BCUT2D eigenvalue weighted by Gasteiger charge is -2.23. The van der Waals surface area contributed by atoms with Crippen LogP contribution in [0.15, 0.2) is 0 Å². The summed E-state index contributed by atoms with van der Waals surface area (Å²) in [5, 5.41) is 26.9. The van der Waals surface area contributed by atoms with Gasteiger partial charge in [-0.2, -0.15) is 0 Å². The summed E-state index contributed by atoms with van der Waals surface area (Å²) in [6, 6.07) is 0. The van der Waals surface area contributed by atoms with Gasteiger partial charge in [0.05, 0.1) is 6.10 Å². The van der Waals surface area contributed by atoms with Crippen molar-refractivity contribution in [2.45, 2.75) is 32.0 Å². The second-order valence-electron chi connectivity index (χ2n) is 2.41. The highest BCUT2D eigenvalue weighted by Crippen LogP contribution is 2.13. The third-order valence-corrected chi connectivity index (χ3v) is 1.61. The van der Waals surface area contributed by atoms with E-state index < -0.39 is 11.7 Å². The van der Waals surface area contributed by atoms with Crippen LogP contribution in [-0.4, -0.2) is 33.6 Å². The van der Waals surface area contributed by atoms with Crippen LogP contribution < -0.4 is 0 Å². The summed E-state index contributed by atoms with van der Waals surface area (Å²) in [4.78, 5) is 0. The normalized spacial score (nSPS) is 17.9. The van der Waals surface area contributed by atoms with Crippen LogP contribution in [0.3, 0.4) is 0 Å². The van der Waals surface area contributed by atoms with Crippen molar-refractivity contribution < 1.29 is 15.3 Å². The van der Waals surface area contributed by atoms with Crippen LogP contribution in [0.2, 0.25) is 0 Å². The van der Waals surface area contributed by atoms with Gasteiger partial charge < -0.3 is 15.3 Å². The first-order valence-corrected chi connectivity index (χ1v) is 3.58. The fourth-order valence-electron chi connectivity index (χ4n) is 0.681. The molecule has 11 heavy (non-hydrogen) atoms. The van der Waals surface area contributed by atoms with Gasteiger partial charge in [0.25, 0.3) is 0 Å². The van der Waals surface area contributed by atoms with Crippen molar-refractivity contribution in [3.8, 4) is 11.8 Å². The molecule has 0 aromatic heterocycles. The number of hydrogen-bond donors (Lipinski definition) is 3. The van der Waals surface area contributed by atoms with Crippen molar-refractivity contribution in [2.75, 3.05) is 6.61 Å². The molecule has 0 spiro atoms. The maximum Gasteiger partial charge on any atom is 0.150 e. The maximum atomic E-state index is 9.49. The first kappa shape index (κ1) is 10.4. The Bertz CT molecular complexity index is 166. The van der Waals surface area contributed by atoms with Gasteiger partial charge in [0.15, 0.2) is 5.60 Å². The summed E-state index contributed by atoms with van der Waals surface area (Å²) < 4.78 is 0. The van der Waals surface area contributed by atoms with Crippen molar-refractivity contribution >= 4 is 0 Å². The lowest BCUT2D eigenvalue weighted by Crippen LogP contribution is -2.38. The first-order valence-electron chi connectivity index (χ1n) is 3.58. The first-order chi connectivity index (χ1) is 5.06. The van der Waals surface area contributed by atoms with Gasteiger partial charge in [-0.15, -0.1) is 0 Å². The molecule has 2 unspecified atom stereocenters. The predicted molar refractivity (Wildman–Crippen MR) is 41.8 cm³/mol. The van der Waals surface area contributed by atoms with Crippen LogP contribution in [0.5, 0.6) is 0 Å². The molecule has 0 aromatic carbocycles. The van der Waals surface area contributed by atoms with E-state index >= 15 is 0 Å². The van der Waals surface area contributed by atoms with Crippen molar-refractivity contribution in [3.05, 3.63) is 0 Å². The van der Waals surface area contributed by atoms with Crippen LogP contribution in [0.25, 0.3) is 0 Å². The fraction of sp³-hybridized carbons (Fsp3) is 0.750. The van der Waals surface area contributed by atoms with Crippen LogP contribution in [0.4, 0.5) is 0 Å². The topological polar surface area (TPSA) is 60.7 Å². The zero-order valence-electron chi connectivity index (χ0n) is 6.83. The van der Waals surface area contributed by atoms with Crippen LogP contribution >= 0.6 is 0 Å². The van der Waals surface area contributed by atoms with E-state index in [4.69, 9.17) is 10.2 Å². The minimum atomic E-state index is -1.37. The van der Waals surface area contributed by atoms with Crippen molar-refractivity contribution in [1.82, 2.24) is 0 Å². The Morgan fingerprint density at radius 3 is 2.36 bits per heavy atom. The van der Waals surface area contributed by atoms with E-state index in [0.29, 0.717) is 6.42 Å². The third-order valence-electron chi connectivity index (χ3n) is 1.61. The number of hydrogen-bond acceptors (Lipinski definition) is 3. The molecule has 0 aliphatic carbocycles. The van der Waals surface area contributed by atoms with Gasteiger partial charge in [0.2, 0.25) is 0 Å². The SMILES string of the molecule is CCC(O)(C#CCO)C(C)O. The molecule has 0 heterocycles. The summed E-state index contributed by atoms with van der Waals surface area (Å²) in [7, 11) is 0. The predicted octanol–water partition coefficient (Wildman–Crippen LogP) is -0.496. The molecule has 3 nitrogen and oxygen atoms in total. The average molecular weight is 158 g/mol. The molecular weight excluding hydrogens is 144 g/mol. The summed E-state index contributed by atoms with van der Waals surface area (Å²) in [5.41, 5.74) is -1.37. The Labute approximate surface area is 66.7 Å². The molecule has 0 aliphatic heterocycles. The summed E-state index contributed by atoms with van der Waals surface area (Å²) in [6.45, 7) is 2.89. The fourth-order valence-corrected chi connectivity index (χ4v) is 0.681.